The van der Waals surface area contributed by atoms with Gasteiger partial charge in [0.2, 0.25) is 0 Å². The number of hydrogen-bond acceptors (Lipinski definition) is 2. The first-order valence-electron chi connectivity index (χ1n) is 6.52. The van der Waals surface area contributed by atoms with E-state index in [0.717, 1.165) is 19.4 Å². The highest BCUT2D eigenvalue weighted by molar-refractivity contribution is 5.81. The largest absolute Gasteiger partial charge is 0.480 e. The van der Waals surface area contributed by atoms with Crippen LogP contribution in [0.15, 0.2) is 0 Å². The molecule has 1 rings (SSSR count). The lowest BCUT2D eigenvalue weighted by Crippen LogP contribution is -2.51. The van der Waals surface area contributed by atoms with Crippen molar-refractivity contribution in [3.05, 3.63) is 0 Å². The van der Waals surface area contributed by atoms with Gasteiger partial charge in [0.25, 0.3) is 0 Å². The summed E-state index contributed by atoms with van der Waals surface area (Å²) in [6, 6.07) is -0.145. The van der Waals surface area contributed by atoms with E-state index in [9.17, 15) is 9.59 Å². The molecule has 0 spiro atoms. The maximum absolute atomic E-state index is 12.4. The van der Waals surface area contributed by atoms with Crippen LogP contribution < -0.4 is 0 Å². The number of rotatable bonds is 4. The lowest BCUT2D eigenvalue weighted by Gasteiger charge is -2.36. The molecule has 0 unspecified atom stereocenters. The van der Waals surface area contributed by atoms with Gasteiger partial charge in [0.05, 0.1) is 0 Å². The second-order valence-corrected chi connectivity index (χ2v) is 6.02. The summed E-state index contributed by atoms with van der Waals surface area (Å²) in [4.78, 5) is 26.5. The molecule has 0 saturated carbocycles. The molecule has 0 bridgehead atoms. The van der Waals surface area contributed by atoms with Crippen LogP contribution in [0.2, 0.25) is 0 Å². The van der Waals surface area contributed by atoms with E-state index in [1.54, 1.807) is 4.90 Å². The van der Waals surface area contributed by atoms with E-state index in [-0.39, 0.29) is 24.0 Å². The SMILES string of the molecule is CC(C)CN(CC(=O)O)C(=O)N1CCCC1(C)C. The molecule has 0 aliphatic carbocycles. The normalized spacial score (nSPS) is 18.2. The van der Waals surface area contributed by atoms with Crippen molar-refractivity contribution in [3.8, 4) is 0 Å². The summed E-state index contributed by atoms with van der Waals surface area (Å²) in [5.74, 6) is -0.694. The van der Waals surface area contributed by atoms with E-state index in [4.69, 9.17) is 5.11 Å². The topological polar surface area (TPSA) is 60.9 Å². The number of nitrogens with zero attached hydrogens (tertiary/aromatic N) is 2. The molecule has 1 aliphatic heterocycles. The summed E-state index contributed by atoms with van der Waals surface area (Å²) in [5.41, 5.74) is -0.162. The van der Waals surface area contributed by atoms with Gasteiger partial charge in [-0.25, -0.2) is 4.79 Å². The molecule has 2 amide bonds. The average Bonchev–Trinajstić information content (AvgIpc) is 2.54. The van der Waals surface area contributed by atoms with Gasteiger partial charge < -0.3 is 14.9 Å². The molecule has 0 aromatic heterocycles. The van der Waals surface area contributed by atoms with Gasteiger partial charge >= 0.3 is 12.0 Å². The van der Waals surface area contributed by atoms with E-state index in [0.29, 0.717) is 6.54 Å². The monoisotopic (exact) mass is 256 g/mol. The van der Waals surface area contributed by atoms with E-state index in [1.165, 1.54) is 4.90 Å². The summed E-state index contributed by atoms with van der Waals surface area (Å²) in [6.07, 6.45) is 1.96. The van der Waals surface area contributed by atoms with Gasteiger partial charge in [-0.3, -0.25) is 4.79 Å². The van der Waals surface area contributed by atoms with Crippen LogP contribution in [0.1, 0.15) is 40.5 Å². The fourth-order valence-electron chi connectivity index (χ4n) is 2.45. The quantitative estimate of drug-likeness (QED) is 0.837. The summed E-state index contributed by atoms with van der Waals surface area (Å²) < 4.78 is 0. The number of likely N-dealkylation sites (tertiary alicyclic amines) is 1. The van der Waals surface area contributed by atoms with E-state index >= 15 is 0 Å². The van der Waals surface area contributed by atoms with Gasteiger partial charge in [-0.1, -0.05) is 13.8 Å². The van der Waals surface area contributed by atoms with E-state index < -0.39 is 5.97 Å². The van der Waals surface area contributed by atoms with Crippen molar-refractivity contribution in [3.63, 3.8) is 0 Å². The first-order chi connectivity index (χ1) is 8.24. The summed E-state index contributed by atoms with van der Waals surface area (Å²) in [6.45, 7) is 9.02. The average molecular weight is 256 g/mol. The van der Waals surface area contributed by atoms with Gasteiger partial charge in [0, 0.05) is 18.6 Å². The highest BCUT2D eigenvalue weighted by Crippen LogP contribution is 2.29. The Morgan fingerprint density at radius 1 is 1.39 bits per heavy atom. The van der Waals surface area contributed by atoms with E-state index in [1.807, 2.05) is 27.7 Å². The maximum atomic E-state index is 12.4. The molecule has 1 N–H and O–H groups in total. The second kappa shape index (κ2) is 5.59. The number of carbonyl (C=O) groups excluding carboxylic acids is 1. The molecule has 0 radical (unpaired) electrons. The molecule has 1 aliphatic rings. The highest BCUT2D eigenvalue weighted by atomic mass is 16.4. The Morgan fingerprint density at radius 2 is 2.00 bits per heavy atom. The molecule has 0 aromatic carbocycles. The Balaban J connectivity index is 2.78. The van der Waals surface area contributed by atoms with Gasteiger partial charge in [-0.2, -0.15) is 0 Å². The van der Waals surface area contributed by atoms with Crippen molar-refractivity contribution in [2.24, 2.45) is 5.92 Å². The van der Waals surface area contributed by atoms with Crippen molar-refractivity contribution in [1.82, 2.24) is 9.80 Å². The Labute approximate surface area is 109 Å². The molecule has 104 valence electrons. The van der Waals surface area contributed by atoms with Crippen LogP contribution in [-0.4, -0.2) is 52.1 Å². The predicted octanol–water partition coefficient (Wildman–Crippen LogP) is 2.02. The van der Waals surface area contributed by atoms with Gasteiger partial charge in [0.15, 0.2) is 0 Å². The number of carboxylic acids is 1. The van der Waals surface area contributed by atoms with Crippen molar-refractivity contribution >= 4 is 12.0 Å². The van der Waals surface area contributed by atoms with Crippen molar-refractivity contribution in [2.75, 3.05) is 19.6 Å². The fourth-order valence-corrected chi connectivity index (χ4v) is 2.45. The standard InChI is InChI=1S/C13H24N2O3/c1-10(2)8-14(9-11(16)17)12(18)15-7-5-6-13(15,3)4/h10H,5-9H2,1-4H3,(H,16,17). The lowest BCUT2D eigenvalue weighted by atomic mass is 10.0. The van der Waals surface area contributed by atoms with Crippen molar-refractivity contribution < 1.29 is 14.7 Å². The summed E-state index contributed by atoms with van der Waals surface area (Å²) in [5, 5.41) is 8.91. The van der Waals surface area contributed by atoms with Gasteiger partial charge in [-0.05, 0) is 32.6 Å². The van der Waals surface area contributed by atoms with Gasteiger partial charge in [-0.15, -0.1) is 0 Å². The molecule has 1 saturated heterocycles. The Hall–Kier alpha value is -1.26. The first kappa shape index (κ1) is 14.8. The summed E-state index contributed by atoms with van der Waals surface area (Å²) >= 11 is 0. The van der Waals surface area contributed by atoms with Crippen LogP contribution in [0.3, 0.4) is 0 Å². The van der Waals surface area contributed by atoms with Crippen LogP contribution in [0.5, 0.6) is 0 Å². The maximum Gasteiger partial charge on any atom is 0.323 e. The van der Waals surface area contributed by atoms with E-state index in [2.05, 4.69) is 0 Å². The van der Waals surface area contributed by atoms with Crippen LogP contribution in [0.4, 0.5) is 4.79 Å². The minimum Gasteiger partial charge on any atom is -0.480 e. The van der Waals surface area contributed by atoms with Gasteiger partial charge in [0.1, 0.15) is 6.54 Å². The lowest BCUT2D eigenvalue weighted by molar-refractivity contribution is -0.137. The third-order valence-corrected chi connectivity index (χ3v) is 3.31. The molecule has 1 heterocycles. The highest BCUT2D eigenvalue weighted by Gasteiger charge is 2.37. The Morgan fingerprint density at radius 3 is 2.39 bits per heavy atom. The molecular weight excluding hydrogens is 232 g/mol. The minimum absolute atomic E-state index is 0.145. The zero-order chi connectivity index (χ0) is 13.9. The minimum atomic E-state index is -0.957. The van der Waals surface area contributed by atoms with Crippen molar-refractivity contribution in [1.29, 1.82) is 0 Å². The number of carboxylic acid groups (broad SMARTS) is 1. The third kappa shape index (κ3) is 3.62. The fraction of sp³-hybridized carbons (Fsp3) is 0.846. The number of hydrogen-bond donors (Lipinski definition) is 1. The molecule has 18 heavy (non-hydrogen) atoms. The third-order valence-electron chi connectivity index (χ3n) is 3.31. The molecule has 1 fully saturated rings. The molecule has 0 atom stereocenters. The number of urea groups is 1. The number of amides is 2. The van der Waals surface area contributed by atoms with Crippen LogP contribution >= 0.6 is 0 Å². The zero-order valence-corrected chi connectivity index (χ0v) is 11.8. The number of aliphatic carboxylic acids is 1. The summed E-state index contributed by atoms with van der Waals surface area (Å²) in [7, 11) is 0. The second-order valence-electron chi connectivity index (χ2n) is 6.02. The van der Waals surface area contributed by atoms with Crippen LogP contribution in [0.25, 0.3) is 0 Å². The predicted molar refractivity (Wildman–Crippen MR) is 69.5 cm³/mol. The van der Waals surface area contributed by atoms with Crippen molar-refractivity contribution in [2.45, 2.75) is 46.1 Å². The molecule has 5 heteroatoms. The molecule has 0 aromatic rings. The Bertz CT molecular complexity index is 326. The van der Waals surface area contributed by atoms with Crippen LogP contribution in [-0.2, 0) is 4.79 Å². The Kier molecular flexibility index (Phi) is 4.59. The number of carbonyl (C=O) groups is 2. The smallest absolute Gasteiger partial charge is 0.323 e. The molecular formula is C13H24N2O3. The first-order valence-corrected chi connectivity index (χ1v) is 6.52. The molecule has 5 nitrogen and oxygen atoms in total. The zero-order valence-electron chi connectivity index (χ0n) is 11.8. The van der Waals surface area contributed by atoms with Crippen LogP contribution in [0, 0.1) is 5.92 Å².